The molecule has 2 aromatic heterocycles. The Morgan fingerprint density at radius 1 is 1.00 bits per heavy atom. The maximum absolute atomic E-state index is 13.2. The Balaban J connectivity index is 1.66. The van der Waals surface area contributed by atoms with Gasteiger partial charge in [0.2, 0.25) is 11.2 Å². The monoisotopic (exact) mass is 448 g/mol. The predicted octanol–water partition coefficient (Wildman–Crippen LogP) is 4.50. The topological polar surface area (TPSA) is 91.5 Å². The number of ether oxygens (including phenoxy) is 2. The highest BCUT2D eigenvalue weighted by Gasteiger charge is 2.25. The van der Waals surface area contributed by atoms with Gasteiger partial charge in [-0.3, -0.25) is 4.79 Å². The third-order valence-corrected chi connectivity index (χ3v) is 5.49. The summed E-state index contributed by atoms with van der Waals surface area (Å²) in [5.41, 5.74) is 1.61. The first-order chi connectivity index (χ1) is 15.7. The van der Waals surface area contributed by atoms with Gasteiger partial charge in [0.1, 0.15) is 17.9 Å². The molecule has 2 aromatic carbocycles. The molecule has 0 atom stereocenters. The fourth-order valence-electron chi connectivity index (χ4n) is 3.00. The standard InChI is InChI=1S/C24H20N2O5S/c1-2-29-24(28)22-21(30-14-17-11-7-4-8-12-17)20(27)18(15-31-22)23-26-25-19(32-23)13-16-9-5-3-6-10-16/h3-12,15H,2,13-14H2,1H3. The molecule has 2 heterocycles. The molecule has 32 heavy (non-hydrogen) atoms. The molecule has 0 saturated carbocycles. The summed E-state index contributed by atoms with van der Waals surface area (Å²) in [7, 11) is 0. The van der Waals surface area contributed by atoms with Gasteiger partial charge < -0.3 is 13.9 Å². The van der Waals surface area contributed by atoms with Crippen molar-refractivity contribution >= 4 is 17.3 Å². The maximum atomic E-state index is 13.2. The van der Waals surface area contributed by atoms with Crippen LogP contribution < -0.4 is 10.2 Å². The van der Waals surface area contributed by atoms with E-state index in [1.54, 1.807) is 6.92 Å². The molecule has 0 unspecified atom stereocenters. The minimum absolute atomic E-state index is 0.0941. The number of nitrogens with zero attached hydrogens (tertiary/aromatic N) is 2. The fraction of sp³-hybridized carbons (Fsp3) is 0.167. The van der Waals surface area contributed by atoms with E-state index in [-0.39, 0.29) is 30.3 Å². The average Bonchev–Trinajstić information content (AvgIpc) is 3.27. The van der Waals surface area contributed by atoms with Crippen LogP contribution in [0.4, 0.5) is 0 Å². The highest BCUT2D eigenvalue weighted by atomic mass is 32.1. The molecule has 0 aliphatic heterocycles. The Morgan fingerprint density at radius 3 is 2.38 bits per heavy atom. The van der Waals surface area contributed by atoms with Gasteiger partial charge >= 0.3 is 5.97 Å². The lowest BCUT2D eigenvalue weighted by molar-refractivity contribution is 0.0478. The lowest BCUT2D eigenvalue weighted by atomic mass is 10.2. The van der Waals surface area contributed by atoms with E-state index in [0.717, 1.165) is 16.1 Å². The fourth-order valence-corrected chi connectivity index (χ4v) is 3.88. The minimum Gasteiger partial charge on any atom is -0.481 e. The van der Waals surface area contributed by atoms with Gasteiger partial charge in [0.25, 0.3) is 5.76 Å². The van der Waals surface area contributed by atoms with Crippen molar-refractivity contribution < 1.29 is 18.7 Å². The molecule has 7 nitrogen and oxygen atoms in total. The summed E-state index contributed by atoms with van der Waals surface area (Å²) in [5.74, 6) is -1.24. The van der Waals surface area contributed by atoms with E-state index in [1.165, 1.54) is 17.6 Å². The summed E-state index contributed by atoms with van der Waals surface area (Å²) in [4.78, 5) is 25.6. The van der Waals surface area contributed by atoms with E-state index < -0.39 is 11.4 Å². The summed E-state index contributed by atoms with van der Waals surface area (Å²) >= 11 is 1.29. The molecule has 8 heteroatoms. The molecule has 0 aliphatic carbocycles. The zero-order chi connectivity index (χ0) is 22.3. The average molecular weight is 449 g/mol. The van der Waals surface area contributed by atoms with Crippen molar-refractivity contribution in [2.75, 3.05) is 6.61 Å². The largest absolute Gasteiger partial charge is 0.481 e. The van der Waals surface area contributed by atoms with Crippen molar-refractivity contribution in [3.63, 3.8) is 0 Å². The van der Waals surface area contributed by atoms with Crippen molar-refractivity contribution in [1.82, 2.24) is 10.2 Å². The number of rotatable bonds is 8. The van der Waals surface area contributed by atoms with E-state index in [1.807, 2.05) is 60.7 Å². The lowest BCUT2D eigenvalue weighted by Crippen LogP contribution is -2.17. The van der Waals surface area contributed by atoms with E-state index in [2.05, 4.69) is 10.2 Å². The highest BCUT2D eigenvalue weighted by molar-refractivity contribution is 7.14. The first kappa shape index (κ1) is 21.5. The molecule has 4 rings (SSSR count). The maximum Gasteiger partial charge on any atom is 0.378 e. The van der Waals surface area contributed by atoms with E-state index in [4.69, 9.17) is 13.9 Å². The molecule has 0 N–H and O–H groups in total. The van der Waals surface area contributed by atoms with Crippen LogP contribution in [0.15, 0.2) is 76.1 Å². The summed E-state index contributed by atoms with van der Waals surface area (Å²) in [6, 6.07) is 19.2. The van der Waals surface area contributed by atoms with Gasteiger partial charge in [-0.25, -0.2) is 4.79 Å². The number of benzene rings is 2. The van der Waals surface area contributed by atoms with Crippen LogP contribution in [-0.4, -0.2) is 22.8 Å². The second-order valence-corrected chi connectivity index (χ2v) is 7.86. The Bertz CT molecular complexity index is 1250. The third kappa shape index (κ3) is 4.92. The zero-order valence-corrected chi connectivity index (χ0v) is 18.1. The van der Waals surface area contributed by atoms with Crippen LogP contribution in [0.1, 0.15) is 33.6 Å². The van der Waals surface area contributed by atoms with Gasteiger partial charge in [-0.2, -0.15) is 0 Å². The molecule has 4 aromatic rings. The van der Waals surface area contributed by atoms with Crippen molar-refractivity contribution in [2.45, 2.75) is 20.0 Å². The molecule has 0 amide bonds. The van der Waals surface area contributed by atoms with Gasteiger partial charge in [-0.15, -0.1) is 10.2 Å². The quantitative estimate of drug-likeness (QED) is 0.366. The minimum atomic E-state index is -0.763. The smallest absolute Gasteiger partial charge is 0.378 e. The van der Waals surface area contributed by atoms with Crippen molar-refractivity contribution in [2.24, 2.45) is 0 Å². The number of hydrogen-bond acceptors (Lipinski definition) is 8. The number of aromatic nitrogens is 2. The van der Waals surface area contributed by atoms with Crippen LogP contribution in [0.2, 0.25) is 0 Å². The molecule has 162 valence electrons. The number of hydrogen-bond donors (Lipinski definition) is 0. The Morgan fingerprint density at radius 2 is 1.69 bits per heavy atom. The number of carbonyl (C=O) groups is 1. The van der Waals surface area contributed by atoms with Crippen LogP contribution >= 0.6 is 11.3 Å². The zero-order valence-electron chi connectivity index (χ0n) is 17.3. The second kappa shape index (κ2) is 10.0. The van der Waals surface area contributed by atoms with Gasteiger partial charge in [0.05, 0.1) is 12.2 Å². The Labute approximate surface area is 188 Å². The Hall–Kier alpha value is -3.78. The summed E-state index contributed by atoms with van der Waals surface area (Å²) in [6.45, 7) is 1.91. The molecule has 0 spiro atoms. The molecule has 0 radical (unpaired) electrons. The van der Waals surface area contributed by atoms with Gasteiger partial charge in [-0.05, 0) is 18.1 Å². The van der Waals surface area contributed by atoms with Crippen LogP contribution in [0.25, 0.3) is 10.6 Å². The summed E-state index contributed by atoms with van der Waals surface area (Å²) in [5, 5.41) is 9.49. The molecule has 0 saturated heterocycles. The molecule has 0 bridgehead atoms. The number of esters is 1. The first-order valence-electron chi connectivity index (χ1n) is 10.0. The van der Waals surface area contributed by atoms with Crippen LogP contribution in [0.3, 0.4) is 0 Å². The van der Waals surface area contributed by atoms with Gasteiger partial charge in [0.15, 0.2) is 5.01 Å². The highest BCUT2D eigenvalue weighted by Crippen LogP contribution is 2.26. The van der Waals surface area contributed by atoms with E-state index >= 15 is 0 Å². The third-order valence-electron chi connectivity index (χ3n) is 4.53. The van der Waals surface area contributed by atoms with Crippen molar-refractivity contribution in [1.29, 1.82) is 0 Å². The molecular weight excluding hydrogens is 428 g/mol. The van der Waals surface area contributed by atoms with Crippen molar-refractivity contribution in [3.05, 3.63) is 99.0 Å². The predicted molar refractivity (Wildman–Crippen MR) is 120 cm³/mol. The SMILES string of the molecule is CCOC(=O)c1occ(-c2nnc(Cc3ccccc3)s2)c(=O)c1OCc1ccccc1. The normalized spacial score (nSPS) is 10.7. The first-order valence-corrected chi connectivity index (χ1v) is 10.8. The summed E-state index contributed by atoms with van der Waals surface area (Å²) in [6.07, 6.45) is 1.80. The van der Waals surface area contributed by atoms with E-state index in [0.29, 0.717) is 11.4 Å². The van der Waals surface area contributed by atoms with E-state index in [9.17, 15) is 9.59 Å². The number of carbonyl (C=O) groups excluding carboxylic acids is 1. The molecule has 0 fully saturated rings. The van der Waals surface area contributed by atoms with Crippen LogP contribution in [0, 0.1) is 0 Å². The van der Waals surface area contributed by atoms with Crippen LogP contribution in [-0.2, 0) is 17.8 Å². The second-order valence-electron chi connectivity index (χ2n) is 6.79. The van der Waals surface area contributed by atoms with Crippen molar-refractivity contribution in [3.8, 4) is 16.3 Å². The van der Waals surface area contributed by atoms with Gasteiger partial charge in [-0.1, -0.05) is 72.0 Å². The Kier molecular flexibility index (Phi) is 6.72. The molecular formula is C24H20N2O5S. The van der Waals surface area contributed by atoms with Gasteiger partial charge in [0, 0.05) is 6.42 Å². The lowest BCUT2D eigenvalue weighted by Gasteiger charge is -2.10. The molecule has 0 aliphatic rings. The van der Waals surface area contributed by atoms with Crippen LogP contribution in [0.5, 0.6) is 5.75 Å². The summed E-state index contributed by atoms with van der Waals surface area (Å²) < 4.78 is 16.2.